The number of carbonyl (C=O) groups excluding carboxylic acids is 2. The molecule has 0 spiro atoms. The van der Waals surface area contributed by atoms with Crippen molar-refractivity contribution in [3.63, 3.8) is 0 Å². The van der Waals surface area contributed by atoms with Crippen molar-refractivity contribution in [1.29, 1.82) is 0 Å². The van der Waals surface area contributed by atoms with Gasteiger partial charge in [-0.25, -0.2) is 4.39 Å². The third kappa shape index (κ3) is 5.46. The highest BCUT2D eigenvalue weighted by Crippen LogP contribution is 2.40. The summed E-state index contributed by atoms with van der Waals surface area (Å²) < 4.78 is 19.3. The van der Waals surface area contributed by atoms with Gasteiger partial charge in [0.15, 0.2) is 0 Å². The Kier molecular flexibility index (Phi) is 7.59. The van der Waals surface area contributed by atoms with Crippen molar-refractivity contribution in [3.05, 3.63) is 35.6 Å². The minimum atomic E-state index is -0.440. The Balaban J connectivity index is 1.33. The molecule has 0 unspecified atom stereocenters. The topological polar surface area (TPSA) is 58.6 Å². The molecule has 5 nitrogen and oxygen atoms in total. The normalized spacial score (nSPS) is 26.5. The molecule has 3 fully saturated rings. The maximum atomic E-state index is 13.3. The van der Waals surface area contributed by atoms with Crippen molar-refractivity contribution >= 4 is 11.8 Å². The van der Waals surface area contributed by atoms with Crippen LogP contribution in [-0.2, 0) is 9.53 Å². The number of likely N-dealkylation sites (tertiary alicyclic amines) is 1. The van der Waals surface area contributed by atoms with Crippen LogP contribution in [0.2, 0.25) is 0 Å². The van der Waals surface area contributed by atoms with E-state index in [1.54, 1.807) is 4.90 Å². The number of benzene rings is 1. The van der Waals surface area contributed by atoms with Gasteiger partial charge in [-0.05, 0) is 68.7 Å². The maximum Gasteiger partial charge on any atom is 0.254 e. The van der Waals surface area contributed by atoms with Gasteiger partial charge in [-0.3, -0.25) is 9.59 Å². The smallest absolute Gasteiger partial charge is 0.254 e. The molecule has 1 heterocycles. The lowest BCUT2D eigenvalue weighted by Gasteiger charge is -2.33. The summed E-state index contributed by atoms with van der Waals surface area (Å²) in [5, 5.41) is 3.04. The molecule has 1 aliphatic heterocycles. The number of halogens is 1. The number of nitrogens with one attached hydrogen (secondary N) is 1. The largest absolute Gasteiger partial charge is 0.378 e. The summed E-state index contributed by atoms with van der Waals surface area (Å²) in [4.78, 5) is 28.1. The molecule has 170 valence electrons. The van der Waals surface area contributed by atoms with Crippen LogP contribution in [0.15, 0.2) is 24.3 Å². The van der Waals surface area contributed by atoms with Crippen LogP contribution in [-0.4, -0.2) is 48.1 Å². The van der Waals surface area contributed by atoms with Crippen LogP contribution >= 0.6 is 0 Å². The quantitative estimate of drug-likeness (QED) is 0.650. The zero-order chi connectivity index (χ0) is 21.6. The van der Waals surface area contributed by atoms with E-state index in [0.717, 1.165) is 51.4 Å². The third-order valence-corrected chi connectivity index (χ3v) is 7.24. The number of ether oxygens (including phenoxy) is 1. The molecule has 0 aromatic heterocycles. The summed E-state index contributed by atoms with van der Waals surface area (Å²) >= 11 is 0. The van der Waals surface area contributed by atoms with E-state index in [0.29, 0.717) is 30.7 Å². The molecule has 31 heavy (non-hydrogen) atoms. The van der Waals surface area contributed by atoms with Gasteiger partial charge in [0.1, 0.15) is 11.9 Å². The number of fused-ring (bicyclic) bond motifs is 1. The van der Waals surface area contributed by atoms with Crippen LogP contribution in [0.4, 0.5) is 4.39 Å². The molecule has 6 heteroatoms. The monoisotopic (exact) mass is 430 g/mol. The Hall–Kier alpha value is -1.95. The van der Waals surface area contributed by atoms with Gasteiger partial charge in [-0.2, -0.15) is 0 Å². The second-order valence-electron chi connectivity index (χ2n) is 9.36. The van der Waals surface area contributed by atoms with Gasteiger partial charge in [0, 0.05) is 24.8 Å². The SMILES string of the molecule is O=C(NCCCOC1CCCCC1)[C@@H]1C[C@@H]2CCCC[C@H]2N1C(=O)c1ccc(F)cc1. The second kappa shape index (κ2) is 10.6. The van der Waals surface area contributed by atoms with Crippen molar-refractivity contribution in [2.45, 2.75) is 88.8 Å². The van der Waals surface area contributed by atoms with E-state index >= 15 is 0 Å². The van der Waals surface area contributed by atoms with E-state index in [9.17, 15) is 14.0 Å². The predicted octanol–water partition coefficient (Wildman–Crippen LogP) is 4.45. The molecule has 0 radical (unpaired) electrons. The van der Waals surface area contributed by atoms with Gasteiger partial charge >= 0.3 is 0 Å². The van der Waals surface area contributed by atoms with E-state index in [1.165, 1.54) is 43.5 Å². The molecule has 3 atom stereocenters. The highest BCUT2D eigenvalue weighted by atomic mass is 19.1. The van der Waals surface area contributed by atoms with E-state index in [4.69, 9.17) is 4.74 Å². The Morgan fingerprint density at radius 1 is 1.00 bits per heavy atom. The fourth-order valence-electron chi connectivity index (χ4n) is 5.61. The summed E-state index contributed by atoms with van der Waals surface area (Å²) in [6.07, 6.45) is 12.3. The van der Waals surface area contributed by atoms with Gasteiger partial charge < -0.3 is 15.0 Å². The summed E-state index contributed by atoms with van der Waals surface area (Å²) in [7, 11) is 0. The molecule has 1 saturated heterocycles. The number of carbonyl (C=O) groups is 2. The molecule has 2 aliphatic carbocycles. The van der Waals surface area contributed by atoms with Crippen LogP contribution in [0.3, 0.4) is 0 Å². The molecule has 2 saturated carbocycles. The minimum absolute atomic E-state index is 0.0671. The zero-order valence-corrected chi connectivity index (χ0v) is 18.4. The molecule has 1 aromatic rings. The minimum Gasteiger partial charge on any atom is -0.378 e. The van der Waals surface area contributed by atoms with Crippen LogP contribution < -0.4 is 5.32 Å². The van der Waals surface area contributed by atoms with Gasteiger partial charge in [0.25, 0.3) is 5.91 Å². The van der Waals surface area contributed by atoms with Crippen LogP contribution in [0.1, 0.15) is 81.0 Å². The summed E-state index contributed by atoms with van der Waals surface area (Å²) in [6.45, 7) is 1.23. The Morgan fingerprint density at radius 2 is 1.71 bits per heavy atom. The first-order valence-electron chi connectivity index (χ1n) is 12.1. The first-order valence-corrected chi connectivity index (χ1v) is 12.1. The lowest BCUT2D eigenvalue weighted by molar-refractivity contribution is -0.125. The van der Waals surface area contributed by atoms with Crippen molar-refractivity contribution in [1.82, 2.24) is 10.2 Å². The molecular weight excluding hydrogens is 395 g/mol. The zero-order valence-electron chi connectivity index (χ0n) is 18.4. The van der Waals surface area contributed by atoms with Crippen molar-refractivity contribution in [3.8, 4) is 0 Å². The van der Waals surface area contributed by atoms with Crippen molar-refractivity contribution in [2.75, 3.05) is 13.2 Å². The molecule has 1 aromatic carbocycles. The van der Waals surface area contributed by atoms with Crippen LogP contribution in [0, 0.1) is 11.7 Å². The fourth-order valence-corrected chi connectivity index (χ4v) is 5.61. The molecular formula is C25H35FN2O3. The second-order valence-corrected chi connectivity index (χ2v) is 9.36. The summed E-state index contributed by atoms with van der Waals surface area (Å²) in [5.41, 5.74) is 0.450. The summed E-state index contributed by atoms with van der Waals surface area (Å²) in [5.74, 6) is -0.209. The Morgan fingerprint density at radius 3 is 2.48 bits per heavy atom. The van der Waals surface area contributed by atoms with E-state index in [2.05, 4.69) is 5.32 Å². The molecule has 3 aliphatic rings. The lowest BCUT2D eigenvalue weighted by atomic mass is 9.84. The highest BCUT2D eigenvalue weighted by molar-refractivity contribution is 5.98. The fraction of sp³-hybridized carbons (Fsp3) is 0.680. The molecule has 1 N–H and O–H groups in total. The number of hydrogen-bond donors (Lipinski definition) is 1. The van der Waals surface area contributed by atoms with E-state index in [-0.39, 0.29) is 23.7 Å². The average molecular weight is 431 g/mol. The van der Waals surface area contributed by atoms with E-state index in [1.807, 2.05) is 0 Å². The highest BCUT2D eigenvalue weighted by Gasteiger charge is 2.47. The van der Waals surface area contributed by atoms with Gasteiger partial charge in [-0.15, -0.1) is 0 Å². The molecule has 0 bridgehead atoms. The van der Waals surface area contributed by atoms with Gasteiger partial charge in [-0.1, -0.05) is 32.1 Å². The predicted molar refractivity (Wildman–Crippen MR) is 117 cm³/mol. The van der Waals surface area contributed by atoms with E-state index < -0.39 is 6.04 Å². The number of nitrogens with zero attached hydrogens (tertiary/aromatic N) is 1. The number of hydrogen-bond acceptors (Lipinski definition) is 3. The Labute approximate surface area is 184 Å². The standard InChI is InChI=1S/C25H35FN2O3/c26-20-13-11-18(12-14-20)25(30)28-22-10-5-4-7-19(22)17-23(28)24(29)27-15-6-16-31-21-8-2-1-3-9-21/h11-14,19,21-23H,1-10,15-17H2,(H,27,29)/t19-,22+,23-/m0/s1. The van der Waals surface area contributed by atoms with Crippen LogP contribution in [0.25, 0.3) is 0 Å². The maximum absolute atomic E-state index is 13.3. The first-order chi connectivity index (χ1) is 15.1. The number of rotatable bonds is 7. The molecule has 4 rings (SSSR count). The first kappa shape index (κ1) is 22.3. The Bertz CT molecular complexity index is 748. The third-order valence-electron chi connectivity index (χ3n) is 7.24. The van der Waals surface area contributed by atoms with Crippen molar-refractivity contribution in [2.24, 2.45) is 5.92 Å². The van der Waals surface area contributed by atoms with Gasteiger partial charge in [0.2, 0.25) is 5.91 Å². The van der Waals surface area contributed by atoms with Crippen LogP contribution in [0.5, 0.6) is 0 Å². The number of amides is 2. The van der Waals surface area contributed by atoms with Crippen molar-refractivity contribution < 1.29 is 18.7 Å². The lowest BCUT2D eigenvalue weighted by Crippen LogP contribution is -2.49. The average Bonchev–Trinajstić information content (AvgIpc) is 3.19. The summed E-state index contributed by atoms with van der Waals surface area (Å²) in [6, 6.07) is 5.32. The van der Waals surface area contributed by atoms with Gasteiger partial charge in [0.05, 0.1) is 6.10 Å². The molecule has 2 amide bonds.